The van der Waals surface area contributed by atoms with Gasteiger partial charge in [0.2, 0.25) is 0 Å². The number of nitrogens with one attached hydrogen (secondary N) is 1. The molecule has 2 aromatic rings. The van der Waals surface area contributed by atoms with Crippen LogP contribution in [0.4, 0.5) is 0 Å². The van der Waals surface area contributed by atoms with Crippen molar-refractivity contribution >= 4 is 33.9 Å². The van der Waals surface area contributed by atoms with Gasteiger partial charge in [0.25, 0.3) is 17.9 Å². The number of carboxylic acid groups (broad SMARTS) is 1. The van der Waals surface area contributed by atoms with E-state index in [2.05, 4.69) is 18.2 Å². The standard InChI is InChI=1S/C21H27N3O4S.C2H2.CH2O2/c1-6-7-11-24-19(26)16-12-17(29-20(16)23(4)21(24)27)18(25)22-13-14(2)9-8-10-15(3)28-5;1-2;2-1-3/h6-7,9-10,12H,8,11,13H2,1-5H3,(H,22,25);1-2H;1H,(H,2,3)/b7-6+,14-9+,15-10+;;. The maximum absolute atomic E-state index is 12.7. The highest BCUT2D eigenvalue weighted by atomic mass is 32.1. The van der Waals surface area contributed by atoms with Gasteiger partial charge in [0, 0.05) is 20.1 Å². The summed E-state index contributed by atoms with van der Waals surface area (Å²) in [6.07, 6.45) is 16.2. The third-order valence-electron chi connectivity index (χ3n) is 4.48. The number of ether oxygens (including phenoxy) is 1. The van der Waals surface area contributed by atoms with Gasteiger partial charge in [-0.3, -0.25) is 23.5 Å². The third kappa shape index (κ3) is 8.60. The van der Waals surface area contributed by atoms with E-state index in [0.717, 1.165) is 29.1 Å². The molecule has 10 heteroatoms. The predicted molar refractivity (Wildman–Crippen MR) is 136 cm³/mol. The average molecular weight is 490 g/mol. The normalized spacial score (nSPS) is 11.3. The number of rotatable bonds is 8. The number of allylic oxidation sites excluding steroid dienone is 5. The number of fused-ring (bicyclic) bond motifs is 1. The number of terminal acetylenes is 1. The summed E-state index contributed by atoms with van der Waals surface area (Å²) in [5, 5.41) is 10.1. The van der Waals surface area contributed by atoms with Gasteiger partial charge in [-0.1, -0.05) is 23.8 Å². The van der Waals surface area contributed by atoms with Crippen molar-refractivity contribution in [1.29, 1.82) is 0 Å². The molecule has 184 valence electrons. The van der Waals surface area contributed by atoms with E-state index in [0.29, 0.717) is 21.6 Å². The summed E-state index contributed by atoms with van der Waals surface area (Å²) < 4.78 is 7.66. The molecule has 0 bridgehead atoms. The molecule has 2 aromatic heterocycles. The van der Waals surface area contributed by atoms with E-state index >= 15 is 0 Å². The van der Waals surface area contributed by atoms with Crippen molar-refractivity contribution in [3.8, 4) is 12.8 Å². The number of nitrogens with zero attached hydrogens (tertiary/aromatic N) is 2. The summed E-state index contributed by atoms with van der Waals surface area (Å²) in [6, 6.07) is 1.56. The Bertz CT molecular complexity index is 1190. The number of carbonyl (C=O) groups excluding carboxylic acids is 1. The van der Waals surface area contributed by atoms with E-state index in [9.17, 15) is 14.4 Å². The monoisotopic (exact) mass is 489 g/mol. The molecule has 2 rings (SSSR count). The summed E-state index contributed by atoms with van der Waals surface area (Å²) in [4.78, 5) is 46.9. The van der Waals surface area contributed by atoms with E-state index in [1.165, 1.54) is 9.13 Å². The van der Waals surface area contributed by atoms with Crippen molar-refractivity contribution in [2.75, 3.05) is 13.7 Å². The molecule has 9 nitrogen and oxygen atoms in total. The molecule has 0 fully saturated rings. The Morgan fingerprint density at radius 3 is 2.44 bits per heavy atom. The third-order valence-corrected chi connectivity index (χ3v) is 5.69. The predicted octanol–water partition coefficient (Wildman–Crippen LogP) is 2.90. The number of thiophene rings is 1. The molecule has 0 aliphatic carbocycles. The van der Waals surface area contributed by atoms with Gasteiger partial charge >= 0.3 is 5.69 Å². The molecule has 2 N–H and O–H groups in total. The highest BCUT2D eigenvalue weighted by Crippen LogP contribution is 2.21. The number of methoxy groups -OCH3 is 1. The highest BCUT2D eigenvalue weighted by Gasteiger charge is 2.17. The lowest BCUT2D eigenvalue weighted by atomic mass is 10.2. The lowest BCUT2D eigenvalue weighted by molar-refractivity contribution is -0.122. The zero-order valence-electron chi connectivity index (χ0n) is 20.0. The van der Waals surface area contributed by atoms with Crippen LogP contribution in [0.5, 0.6) is 0 Å². The van der Waals surface area contributed by atoms with E-state index in [4.69, 9.17) is 14.6 Å². The van der Waals surface area contributed by atoms with Crippen molar-refractivity contribution in [2.24, 2.45) is 7.05 Å². The minimum absolute atomic E-state index is 0.205. The van der Waals surface area contributed by atoms with Gasteiger partial charge < -0.3 is 15.2 Å². The molecule has 0 radical (unpaired) electrons. The summed E-state index contributed by atoms with van der Waals surface area (Å²) in [6.45, 7) is 6.00. The van der Waals surface area contributed by atoms with Crippen LogP contribution in [-0.4, -0.2) is 40.3 Å². The molecule has 0 spiro atoms. The Morgan fingerprint density at radius 1 is 1.26 bits per heavy atom. The maximum Gasteiger partial charge on any atom is 0.332 e. The van der Waals surface area contributed by atoms with Crippen molar-refractivity contribution in [1.82, 2.24) is 14.5 Å². The largest absolute Gasteiger partial charge is 0.502 e. The first-order valence-electron chi connectivity index (χ1n) is 10.1. The second-order valence-electron chi connectivity index (χ2n) is 6.75. The summed E-state index contributed by atoms with van der Waals surface area (Å²) >= 11 is 1.14. The van der Waals surface area contributed by atoms with Gasteiger partial charge in [-0.2, -0.15) is 0 Å². The molecule has 0 aliphatic heterocycles. The van der Waals surface area contributed by atoms with Crippen LogP contribution >= 0.6 is 11.3 Å². The average Bonchev–Trinajstić information content (AvgIpc) is 3.29. The molecule has 0 aliphatic rings. The van der Waals surface area contributed by atoms with E-state index in [-0.39, 0.29) is 24.5 Å². The number of amides is 1. The lowest BCUT2D eigenvalue weighted by Gasteiger charge is -2.05. The van der Waals surface area contributed by atoms with Crippen molar-refractivity contribution in [3.63, 3.8) is 0 Å². The van der Waals surface area contributed by atoms with Crippen LogP contribution in [0.3, 0.4) is 0 Å². The van der Waals surface area contributed by atoms with Gasteiger partial charge in [0.15, 0.2) is 0 Å². The van der Waals surface area contributed by atoms with Crippen LogP contribution in [0.15, 0.2) is 51.3 Å². The fourth-order valence-electron chi connectivity index (χ4n) is 2.66. The molecule has 0 saturated carbocycles. The second kappa shape index (κ2) is 15.9. The minimum Gasteiger partial charge on any atom is -0.502 e. The first-order valence-corrected chi connectivity index (χ1v) is 10.9. The van der Waals surface area contributed by atoms with Crippen LogP contribution in [0.2, 0.25) is 0 Å². The van der Waals surface area contributed by atoms with Crippen molar-refractivity contribution in [3.05, 3.63) is 67.4 Å². The zero-order valence-corrected chi connectivity index (χ0v) is 20.8. The smallest absolute Gasteiger partial charge is 0.332 e. The zero-order chi connectivity index (χ0) is 26.3. The lowest BCUT2D eigenvalue weighted by Crippen LogP contribution is -2.38. The number of hydrogen-bond donors (Lipinski definition) is 2. The first kappa shape index (κ1) is 30.2. The van der Waals surface area contributed by atoms with Crippen molar-refractivity contribution < 1.29 is 19.4 Å². The Morgan fingerprint density at radius 2 is 1.88 bits per heavy atom. The Labute approximate surface area is 202 Å². The van der Waals surface area contributed by atoms with Crippen LogP contribution in [0.1, 0.15) is 36.9 Å². The van der Waals surface area contributed by atoms with E-state index in [1.807, 2.05) is 32.9 Å². The molecule has 34 heavy (non-hydrogen) atoms. The minimum atomic E-state index is -0.396. The van der Waals surface area contributed by atoms with Crippen LogP contribution in [-0.2, 0) is 23.1 Å². The fraction of sp³-hybridized carbons (Fsp3) is 0.333. The maximum atomic E-state index is 12.7. The van der Waals surface area contributed by atoms with E-state index < -0.39 is 5.69 Å². The number of carbonyl (C=O) groups is 2. The number of aryl methyl sites for hydroxylation is 1. The SMILES string of the molecule is C#C.C/C=C/Cn1c(=O)c2cc(C(=O)NC/C(C)=C/C/C=C(\C)OC)sc2n(C)c1=O.O=CO. The first-order chi connectivity index (χ1) is 16.2. The van der Waals surface area contributed by atoms with Gasteiger partial charge in [-0.25, -0.2) is 4.79 Å². The van der Waals surface area contributed by atoms with Crippen LogP contribution in [0, 0.1) is 12.8 Å². The molecule has 0 aromatic carbocycles. The summed E-state index contributed by atoms with van der Waals surface area (Å²) in [7, 11) is 3.23. The Hall–Kier alpha value is -3.84. The quantitative estimate of drug-likeness (QED) is 0.255. The Balaban J connectivity index is 0.00000201. The van der Waals surface area contributed by atoms with Gasteiger partial charge in [0.1, 0.15) is 4.83 Å². The second-order valence-corrected chi connectivity index (χ2v) is 7.78. The molecule has 2 heterocycles. The van der Waals surface area contributed by atoms with Gasteiger partial charge in [0.05, 0.1) is 23.1 Å². The number of aromatic nitrogens is 2. The summed E-state index contributed by atoms with van der Waals surface area (Å²) in [5.41, 5.74) is 0.237. The van der Waals surface area contributed by atoms with E-state index in [1.54, 1.807) is 32.4 Å². The fourth-order valence-corrected chi connectivity index (χ4v) is 3.68. The van der Waals surface area contributed by atoms with Crippen LogP contribution in [0.25, 0.3) is 10.2 Å². The molecular weight excluding hydrogens is 458 g/mol. The van der Waals surface area contributed by atoms with Crippen LogP contribution < -0.4 is 16.6 Å². The molecular formula is C24H31N3O6S. The highest BCUT2D eigenvalue weighted by molar-refractivity contribution is 7.20. The molecule has 0 saturated heterocycles. The molecule has 1 amide bonds. The number of hydrogen-bond acceptors (Lipinski definition) is 6. The topological polar surface area (TPSA) is 120 Å². The molecule has 0 unspecified atom stereocenters. The Kier molecular flexibility index (Phi) is 14.1. The summed E-state index contributed by atoms with van der Waals surface area (Å²) in [5.74, 6) is 0.573. The molecule has 0 atom stereocenters. The van der Waals surface area contributed by atoms with Gasteiger partial charge in [-0.15, -0.1) is 24.2 Å². The van der Waals surface area contributed by atoms with Gasteiger partial charge in [-0.05, 0) is 39.3 Å². The van der Waals surface area contributed by atoms with Crippen molar-refractivity contribution in [2.45, 2.75) is 33.7 Å².